The average molecular weight is 533 g/mol. The third-order valence-electron chi connectivity index (χ3n) is 6.39. The number of benzene rings is 1. The number of anilines is 1. The summed E-state index contributed by atoms with van der Waals surface area (Å²) in [5.41, 5.74) is 2.48. The van der Waals surface area contributed by atoms with Gasteiger partial charge in [0, 0.05) is 42.4 Å². The summed E-state index contributed by atoms with van der Waals surface area (Å²) in [5.74, 6) is -0.263. The number of allylic oxidation sites excluding steroid dienone is 4. The highest BCUT2D eigenvalue weighted by Gasteiger charge is 2.28. The molecule has 0 amide bonds. The highest BCUT2D eigenvalue weighted by molar-refractivity contribution is 7.90. The molecule has 1 aromatic carbocycles. The van der Waals surface area contributed by atoms with Gasteiger partial charge in [-0.05, 0) is 36.1 Å². The fraction of sp³-hybridized carbons (Fsp3) is 0.481. The summed E-state index contributed by atoms with van der Waals surface area (Å²) >= 11 is 1.55. The summed E-state index contributed by atoms with van der Waals surface area (Å²) in [6, 6.07) is 4.73. The van der Waals surface area contributed by atoms with E-state index in [0.29, 0.717) is 11.6 Å². The van der Waals surface area contributed by atoms with Gasteiger partial charge in [0.2, 0.25) is 0 Å². The Hall–Kier alpha value is -2.36. The van der Waals surface area contributed by atoms with Crippen LogP contribution in [0.4, 0.5) is 10.1 Å². The van der Waals surface area contributed by atoms with E-state index in [1.54, 1.807) is 30.4 Å². The SMILES string of the molecule is CCC(C)C1=CC(C)C(c2sc(C(C)(C)C)nc2-c2cccc(NS(=O)(=O)N(C)CC)c2F)=CC=N1. The van der Waals surface area contributed by atoms with Crippen molar-refractivity contribution in [1.29, 1.82) is 0 Å². The zero-order chi connectivity index (χ0) is 26.8. The molecule has 196 valence electrons. The number of nitrogens with zero attached hydrogens (tertiary/aromatic N) is 3. The normalized spacial score (nSPS) is 17.6. The van der Waals surface area contributed by atoms with Gasteiger partial charge in [-0.15, -0.1) is 11.3 Å². The second-order valence-electron chi connectivity index (χ2n) is 10.2. The zero-order valence-corrected chi connectivity index (χ0v) is 24.0. The predicted molar refractivity (Wildman–Crippen MR) is 150 cm³/mol. The van der Waals surface area contributed by atoms with Crippen LogP contribution in [-0.4, -0.2) is 37.5 Å². The Morgan fingerprint density at radius 2 is 1.94 bits per heavy atom. The monoisotopic (exact) mass is 532 g/mol. The Balaban J connectivity index is 2.16. The first-order valence-electron chi connectivity index (χ1n) is 12.3. The van der Waals surface area contributed by atoms with Gasteiger partial charge in [0.05, 0.1) is 21.3 Å². The molecule has 3 rings (SSSR count). The van der Waals surface area contributed by atoms with Crippen molar-refractivity contribution in [2.75, 3.05) is 18.3 Å². The van der Waals surface area contributed by atoms with Gasteiger partial charge in [0.15, 0.2) is 5.82 Å². The molecule has 2 heterocycles. The van der Waals surface area contributed by atoms with Crippen molar-refractivity contribution in [2.24, 2.45) is 16.8 Å². The molecule has 0 spiro atoms. The number of halogens is 1. The van der Waals surface area contributed by atoms with Gasteiger partial charge in [-0.25, -0.2) is 9.37 Å². The summed E-state index contributed by atoms with van der Waals surface area (Å²) in [4.78, 5) is 10.4. The van der Waals surface area contributed by atoms with Crippen LogP contribution >= 0.6 is 11.3 Å². The smallest absolute Gasteiger partial charge is 0.268 e. The minimum atomic E-state index is -3.87. The van der Waals surface area contributed by atoms with Crippen LogP contribution in [-0.2, 0) is 15.6 Å². The first-order chi connectivity index (χ1) is 16.8. The molecular weight excluding hydrogens is 495 g/mol. The summed E-state index contributed by atoms with van der Waals surface area (Å²) in [5, 5.41) is 0.879. The maximum absolute atomic E-state index is 15.9. The van der Waals surface area contributed by atoms with E-state index < -0.39 is 16.0 Å². The van der Waals surface area contributed by atoms with E-state index in [9.17, 15) is 8.42 Å². The topological polar surface area (TPSA) is 74.7 Å². The number of aliphatic imine (C=N–C) groups is 1. The van der Waals surface area contributed by atoms with E-state index in [-0.39, 0.29) is 29.1 Å². The van der Waals surface area contributed by atoms with Crippen LogP contribution in [0, 0.1) is 17.7 Å². The van der Waals surface area contributed by atoms with Crippen molar-refractivity contribution in [2.45, 2.75) is 60.3 Å². The lowest BCUT2D eigenvalue weighted by molar-refractivity contribution is 0.491. The standard InChI is InChI=1S/C27H37FN4O2S2/c1-9-17(3)22-16-18(4)19(14-15-29-22)25-24(30-26(35-25)27(5,6)7)20-12-11-13-21(23(20)28)31-36(33,34)32(8)10-2/h11-18,31H,9-10H2,1-8H3. The quantitative estimate of drug-likeness (QED) is 0.402. The number of aromatic nitrogens is 1. The van der Waals surface area contributed by atoms with E-state index in [0.717, 1.165) is 31.9 Å². The van der Waals surface area contributed by atoms with Crippen LogP contribution in [0.15, 0.2) is 41.0 Å². The lowest BCUT2D eigenvalue weighted by Crippen LogP contribution is -2.32. The molecule has 0 bridgehead atoms. The molecule has 36 heavy (non-hydrogen) atoms. The maximum atomic E-state index is 15.9. The second-order valence-corrected chi connectivity index (χ2v) is 13.0. The number of hydrogen-bond acceptors (Lipinski definition) is 5. The Bertz CT molecular complexity index is 1300. The molecule has 1 aromatic heterocycles. The van der Waals surface area contributed by atoms with E-state index in [1.807, 2.05) is 12.3 Å². The minimum Gasteiger partial charge on any atom is -0.268 e. The number of thiazole rings is 1. The molecule has 0 saturated carbocycles. The van der Waals surface area contributed by atoms with Crippen molar-refractivity contribution in [1.82, 2.24) is 9.29 Å². The first-order valence-corrected chi connectivity index (χ1v) is 14.6. The zero-order valence-electron chi connectivity index (χ0n) is 22.4. The minimum absolute atomic E-state index is 0.0477. The average Bonchev–Trinajstić information content (AvgIpc) is 3.17. The van der Waals surface area contributed by atoms with Crippen molar-refractivity contribution in [3.8, 4) is 11.3 Å². The molecule has 1 N–H and O–H groups in total. The van der Waals surface area contributed by atoms with Crippen LogP contribution in [0.3, 0.4) is 0 Å². The van der Waals surface area contributed by atoms with Gasteiger partial charge in [-0.3, -0.25) is 9.71 Å². The molecule has 0 aliphatic carbocycles. The molecular formula is C27H37FN4O2S2. The van der Waals surface area contributed by atoms with Crippen LogP contribution < -0.4 is 4.72 Å². The van der Waals surface area contributed by atoms with Gasteiger partial charge in [0.25, 0.3) is 0 Å². The molecule has 1 aliphatic rings. The Labute approximate surface area is 219 Å². The number of hydrogen-bond donors (Lipinski definition) is 1. The van der Waals surface area contributed by atoms with Crippen LogP contribution in [0.5, 0.6) is 0 Å². The Morgan fingerprint density at radius 1 is 1.25 bits per heavy atom. The summed E-state index contributed by atoms with van der Waals surface area (Å²) in [6.45, 7) is 14.6. The fourth-order valence-electron chi connectivity index (χ4n) is 3.73. The third-order valence-corrected chi connectivity index (χ3v) is 9.47. The van der Waals surface area contributed by atoms with Gasteiger partial charge in [-0.2, -0.15) is 12.7 Å². The summed E-state index contributed by atoms with van der Waals surface area (Å²) in [6.07, 6.45) is 6.97. The molecule has 6 nitrogen and oxygen atoms in total. The molecule has 0 radical (unpaired) electrons. The van der Waals surface area contributed by atoms with E-state index in [2.05, 4.69) is 57.3 Å². The molecule has 9 heteroatoms. The summed E-state index contributed by atoms with van der Waals surface area (Å²) in [7, 11) is -2.43. The largest absolute Gasteiger partial charge is 0.301 e. The molecule has 2 atom stereocenters. The van der Waals surface area contributed by atoms with Crippen LogP contribution in [0.1, 0.15) is 64.8 Å². The molecule has 2 unspecified atom stereocenters. The molecule has 1 aliphatic heterocycles. The van der Waals surface area contributed by atoms with Gasteiger partial charge < -0.3 is 0 Å². The van der Waals surface area contributed by atoms with E-state index in [4.69, 9.17) is 4.98 Å². The van der Waals surface area contributed by atoms with E-state index in [1.165, 1.54) is 13.1 Å². The van der Waals surface area contributed by atoms with Gasteiger partial charge in [-0.1, -0.05) is 60.6 Å². The van der Waals surface area contributed by atoms with Crippen molar-refractivity contribution in [3.63, 3.8) is 0 Å². The van der Waals surface area contributed by atoms with Gasteiger partial charge in [0.1, 0.15) is 0 Å². The first kappa shape index (κ1) is 28.2. The fourth-order valence-corrected chi connectivity index (χ4v) is 5.92. The van der Waals surface area contributed by atoms with Crippen molar-refractivity contribution >= 4 is 39.0 Å². The Kier molecular flexibility index (Phi) is 8.58. The summed E-state index contributed by atoms with van der Waals surface area (Å²) < 4.78 is 44.5. The lowest BCUT2D eigenvalue weighted by Gasteiger charge is -2.18. The molecule has 2 aromatic rings. The number of nitrogens with one attached hydrogen (secondary N) is 1. The Morgan fingerprint density at radius 3 is 2.56 bits per heavy atom. The molecule has 0 fully saturated rings. The third kappa shape index (κ3) is 5.95. The van der Waals surface area contributed by atoms with Crippen molar-refractivity contribution < 1.29 is 12.8 Å². The van der Waals surface area contributed by atoms with E-state index >= 15 is 4.39 Å². The highest BCUT2D eigenvalue weighted by atomic mass is 32.2. The van der Waals surface area contributed by atoms with Crippen LogP contribution in [0.2, 0.25) is 0 Å². The predicted octanol–water partition coefficient (Wildman–Crippen LogP) is 6.89. The second kappa shape index (κ2) is 10.9. The highest BCUT2D eigenvalue weighted by Crippen LogP contribution is 2.43. The number of rotatable bonds is 8. The lowest BCUT2D eigenvalue weighted by atomic mass is 9.93. The molecule has 0 saturated heterocycles. The maximum Gasteiger partial charge on any atom is 0.301 e. The van der Waals surface area contributed by atoms with Crippen molar-refractivity contribution in [3.05, 3.63) is 51.8 Å². The van der Waals surface area contributed by atoms with Crippen LogP contribution in [0.25, 0.3) is 16.8 Å². The van der Waals surface area contributed by atoms with Gasteiger partial charge >= 0.3 is 10.2 Å².